The molecule has 2 atom stereocenters. The highest BCUT2D eigenvalue weighted by atomic mass is 35.5. The van der Waals surface area contributed by atoms with E-state index in [9.17, 15) is 0 Å². The molecule has 4 heteroatoms. The second-order valence-corrected chi connectivity index (χ2v) is 5.47. The molecule has 1 aliphatic rings. The Balaban J connectivity index is 2.09. The van der Waals surface area contributed by atoms with Crippen LogP contribution in [-0.2, 0) is 4.74 Å². The zero-order valence-corrected chi connectivity index (χ0v) is 12.1. The van der Waals surface area contributed by atoms with E-state index in [2.05, 4.69) is 12.2 Å². The fraction of sp³-hybridized carbons (Fsp3) is 0.571. The molecular formula is C14H19Cl2NO. The third-order valence-corrected chi connectivity index (χ3v) is 4.06. The van der Waals surface area contributed by atoms with E-state index in [4.69, 9.17) is 27.9 Å². The van der Waals surface area contributed by atoms with E-state index in [-0.39, 0.29) is 6.04 Å². The van der Waals surface area contributed by atoms with Crippen molar-refractivity contribution in [1.29, 1.82) is 0 Å². The summed E-state index contributed by atoms with van der Waals surface area (Å²) in [6.07, 6.45) is 3.68. The summed E-state index contributed by atoms with van der Waals surface area (Å²) >= 11 is 12.0. The van der Waals surface area contributed by atoms with Crippen molar-refractivity contribution in [2.24, 2.45) is 0 Å². The molecule has 0 amide bonds. The predicted octanol–water partition coefficient (Wildman–Crippen LogP) is 4.21. The lowest BCUT2D eigenvalue weighted by Gasteiger charge is -2.22. The molecule has 0 bridgehead atoms. The molecule has 0 spiro atoms. The Hall–Kier alpha value is -0.280. The van der Waals surface area contributed by atoms with Gasteiger partial charge in [0.1, 0.15) is 0 Å². The van der Waals surface area contributed by atoms with Crippen molar-refractivity contribution in [3.63, 3.8) is 0 Å². The number of benzene rings is 1. The molecule has 1 N–H and O–H groups in total. The summed E-state index contributed by atoms with van der Waals surface area (Å²) in [7, 11) is 0. The monoisotopic (exact) mass is 287 g/mol. The van der Waals surface area contributed by atoms with E-state index in [1.807, 2.05) is 18.2 Å². The van der Waals surface area contributed by atoms with E-state index >= 15 is 0 Å². The van der Waals surface area contributed by atoms with Gasteiger partial charge in [0.25, 0.3) is 0 Å². The molecule has 18 heavy (non-hydrogen) atoms. The van der Waals surface area contributed by atoms with Crippen LogP contribution in [0, 0.1) is 0 Å². The smallest absolute Gasteiger partial charge is 0.0595 e. The lowest BCUT2D eigenvalue weighted by Crippen LogP contribution is -2.25. The van der Waals surface area contributed by atoms with Crippen molar-refractivity contribution in [2.75, 3.05) is 13.2 Å². The highest BCUT2D eigenvalue weighted by Gasteiger charge is 2.21. The summed E-state index contributed by atoms with van der Waals surface area (Å²) < 4.78 is 5.71. The molecule has 1 fully saturated rings. The van der Waals surface area contributed by atoms with Crippen molar-refractivity contribution in [1.82, 2.24) is 5.32 Å². The summed E-state index contributed by atoms with van der Waals surface area (Å²) in [6.45, 7) is 3.93. The fourth-order valence-electron chi connectivity index (χ4n) is 2.41. The highest BCUT2D eigenvalue weighted by Crippen LogP contribution is 2.29. The van der Waals surface area contributed by atoms with E-state index in [1.54, 1.807) is 0 Å². The summed E-state index contributed by atoms with van der Waals surface area (Å²) in [5, 5.41) is 4.71. The zero-order chi connectivity index (χ0) is 13.0. The fourth-order valence-corrected chi connectivity index (χ4v) is 2.71. The molecule has 0 aliphatic carbocycles. The Morgan fingerprint density at radius 2 is 2.22 bits per heavy atom. The van der Waals surface area contributed by atoms with Crippen LogP contribution < -0.4 is 5.32 Å². The van der Waals surface area contributed by atoms with Gasteiger partial charge in [-0.1, -0.05) is 36.2 Å². The van der Waals surface area contributed by atoms with Gasteiger partial charge in [0.2, 0.25) is 0 Å². The first kappa shape index (κ1) is 14.1. The van der Waals surface area contributed by atoms with Crippen LogP contribution in [0.1, 0.15) is 37.8 Å². The maximum Gasteiger partial charge on any atom is 0.0595 e. The van der Waals surface area contributed by atoms with Gasteiger partial charge in [-0.25, -0.2) is 0 Å². The minimum absolute atomic E-state index is 0.285. The number of rotatable bonds is 5. The standard InChI is InChI=1S/C14H19Cl2NO/c1-2-17-14(9-11-4-3-7-18-11)10-5-6-12(15)13(16)8-10/h5-6,8,11,14,17H,2-4,7,9H2,1H3. The van der Waals surface area contributed by atoms with E-state index in [0.717, 1.165) is 26.0 Å². The maximum absolute atomic E-state index is 6.08. The number of halogens is 2. The number of hydrogen-bond acceptors (Lipinski definition) is 2. The van der Waals surface area contributed by atoms with E-state index in [0.29, 0.717) is 16.1 Å². The number of ether oxygens (including phenoxy) is 1. The first-order valence-electron chi connectivity index (χ1n) is 6.50. The molecule has 1 aliphatic heterocycles. The predicted molar refractivity (Wildman–Crippen MR) is 76.5 cm³/mol. The molecule has 1 aromatic carbocycles. The van der Waals surface area contributed by atoms with Gasteiger partial charge < -0.3 is 10.1 Å². The first-order chi connectivity index (χ1) is 8.70. The van der Waals surface area contributed by atoms with Gasteiger partial charge in [-0.15, -0.1) is 0 Å². The maximum atomic E-state index is 6.08. The highest BCUT2D eigenvalue weighted by molar-refractivity contribution is 6.42. The lowest BCUT2D eigenvalue weighted by molar-refractivity contribution is 0.0947. The van der Waals surface area contributed by atoms with Crippen LogP contribution in [0.2, 0.25) is 10.0 Å². The van der Waals surface area contributed by atoms with Gasteiger partial charge in [0.15, 0.2) is 0 Å². The molecule has 0 aromatic heterocycles. The minimum atomic E-state index is 0.285. The third-order valence-electron chi connectivity index (χ3n) is 3.32. The SMILES string of the molecule is CCNC(CC1CCCO1)c1ccc(Cl)c(Cl)c1. The number of nitrogens with one attached hydrogen (secondary N) is 1. The quantitative estimate of drug-likeness (QED) is 0.876. The molecule has 1 saturated heterocycles. The second-order valence-electron chi connectivity index (χ2n) is 4.65. The van der Waals surface area contributed by atoms with Gasteiger partial charge in [-0.3, -0.25) is 0 Å². The van der Waals surface area contributed by atoms with Crippen molar-refractivity contribution >= 4 is 23.2 Å². The van der Waals surface area contributed by atoms with E-state index in [1.165, 1.54) is 12.0 Å². The molecule has 1 heterocycles. The molecule has 2 unspecified atom stereocenters. The van der Waals surface area contributed by atoms with Gasteiger partial charge in [-0.05, 0) is 43.5 Å². The molecule has 100 valence electrons. The molecule has 2 nitrogen and oxygen atoms in total. The van der Waals surface area contributed by atoms with Crippen LogP contribution in [0.15, 0.2) is 18.2 Å². The van der Waals surface area contributed by atoms with Crippen LogP contribution in [0.5, 0.6) is 0 Å². The molecule has 0 saturated carbocycles. The molecule has 1 aromatic rings. The van der Waals surface area contributed by atoms with Crippen molar-refractivity contribution < 1.29 is 4.74 Å². The van der Waals surface area contributed by atoms with Crippen LogP contribution >= 0.6 is 23.2 Å². The summed E-state index contributed by atoms with van der Waals surface area (Å²) in [6, 6.07) is 6.13. The number of hydrogen-bond donors (Lipinski definition) is 1. The van der Waals surface area contributed by atoms with Gasteiger partial charge >= 0.3 is 0 Å². The van der Waals surface area contributed by atoms with Crippen LogP contribution in [0.25, 0.3) is 0 Å². The van der Waals surface area contributed by atoms with Crippen LogP contribution in [-0.4, -0.2) is 19.3 Å². The zero-order valence-electron chi connectivity index (χ0n) is 10.6. The summed E-state index contributed by atoms with van der Waals surface area (Å²) in [4.78, 5) is 0. The van der Waals surface area contributed by atoms with Gasteiger partial charge in [0.05, 0.1) is 16.1 Å². The summed E-state index contributed by atoms with van der Waals surface area (Å²) in [5.74, 6) is 0. The Labute approximate surface area is 119 Å². The second kappa shape index (κ2) is 6.76. The minimum Gasteiger partial charge on any atom is -0.378 e. The Bertz CT molecular complexity index is 391. The van der Waals surface area contributed by atoms with E-state index < -0.39 is 0 Å². The third kappa shape index (κ3) is 3.61. The average molecular weight is 288 g/mol. The normalized spacial score (nSPS) is 21.2. The molecule has 2 rings (SSSR count). The van der Waals surface area contributed by atoms with Crippen molar-refractivity contribution in [3.05, 3.63) is 33.8 Å². The molecule has 0 radical (unpaired) electrons. The van der Waals surface area contributed by atoms with Crippen molar-refractivity contribution in [3.8, 4) is 0 Å². The Kier molecular flexibility index (Phi) is 5.31. The Morgan fingerprint density at radius 3 is 2.83 bits per heavy atom. The van der Waals surface area contributed by atoms with Crippen molar-refractivity contribution in [2.45, 2.75) is 38.3 Å². The van der Waals surface area contributed by atoms with Crippen LogP contribution in [0.3, 0.4) is 0 Å². The Morgan fingerprint density at radius 1 is 1.39 bits per heavy atom. The van der Waals surface area contributed by atoms with Crippen LogP contribution in [0.4, 0.5) is 0 Å². The lowest BCUT2D eigenvalue weighted by atomic mass is 9.99. The molecular weight excluding hydrogens is 269 g/mol. The summed E-state index contributed by atoms with van der Waals surface area (Å²) in [5.41, 5.74) is 1.18. The van der Waals surface area contributed by atoms with Gasteiger partial charge in [0, 0.05) is 12.6 Å². The first-order valence-corrected chi connectivity index (χ1v) is 7.26. The van der Waals surface area contributed by atoms with Gasteiger partial charge in [-0.2, -0.15) is 0 Å². The largest absolute Gasteiger partial charge is 0.378 e. The topological polar surface area (TPSA) is 21.3 Å². The average Bonchev–Trinajstić information content (AvgIpc) is 2.85.